The molecular formula is C18H15FN4O3S. The zero-order chi connectivity index (χ0) is 19.1. The lowest BCUT2D eigenvalue weighted by Gasteiger charge is -2.06. The summed E-state index contributed by atoms with van der Waals surface area (Å²) in [7, 11) is 0. The van der Waals surface area contributed by atoms with Gasteiger partial charge in [0.15, 0.2) is 0 Å². The number of imide groups is 1. The molecule has 0 saturated heterocycles. The summed E-state index contributed by atoms with van der Waals surface area (Å²) in [6.07, 6.45) is 0.492. The number of amides is 3. The minimum absolute atomic E-state index is 0.0158. The lowest BCUT2D eigenvalue weighted by Crippen LogP contribution is -2.35. The summed E-state index contributed by atoms with van der Waals surface area (Å²) in [6, 6.07) is 14.5. The number of halogens is 1. The van der Waals surface area contributed by atoms with Crippen LogP contribution in [0, 0.1) is 5.82 Å². The highest BCUT2D eigenvalue weighted by atomic mass is 32.2. The lowest BCUT2D eigenvalue weighted by molar-refractivity contribution is -0.117. The van der Waals surface area contributed by atoms with Crippen molar-refractivity contribution in [2.24, 2.45) is 0 Å². The molecule has 0 fully saturated rings. The predicted molar refractivity (Wildman–Crippen MR) is 97.8 cm³/mol. The molecule has 1 aromatic heterocycles. The summed E-state index contributed by atoms with van der Waals surface area (Å²) in [4.78, 5) is 23.5. The molecule has 0 aliphatic heterocycles. The molecule has 0 bridgehead atoms. The van der Waals surface area contributed by atoms with Gasteiger partial charge < -0.3 is 9.73 Å². The van der Waals surface area contributed by atoms with E-state index in [-0.39, 0.29) is 16.7 Å². The first kappa shape index (κ1) is 18.6. The number of para-hydroxylation sites is 1. The van der Waals surface area contributed by atoms with Crippen LogP contribution in [0.15, 0.2) is 64.2 Å². The minimum Gasteiger partial charge on any atom is -0.416 e. The van der Waals surface area contributed by atoms with Gasteiger partial charge in [0.1, 0.15) is 5.82 Å². The normalized spacial score (nSPS) is 10.4. The van der Waals surface area contributed by atoms with Crippen LogP contribution in [0.25, 0.3) is 0 Å². The number of nitrogens with one attached hydrogen (secondary N) is 2. The molecule has 0 aliphatic carbocycles. The number of carbonyl (C=O) groups is 2. The van der Waals surface area contributed by atoms with Gasteiger partial charge in [0, 0.05) is 0 Å². The SMILES string of the molecule is O=C(CSc1nnc(Cc2ccccc2)o1)NC(=O)Nc1ccccc1F. The largest absolute Gasteiger partial charge is 0.416 e. The molecule has 7 nitrogen and oxygen atoms in total. The van der Waals surface area contributed by atoms with Gasteiger partial charge in [-0.1, -0.05) is 54.2 Å². The third kappa shape index (κ3) is 5.65. The number of aromatic nitrogens is 2. The Labute approximate surface area is 158 Å². The van der Waals surface area contributed by atoms with Gasteiger partial charge in [-0.2, -0.15) is 0 Å². The third-order valence-corrected chi connectivity index (χ3v) is 4.17. The molecule has 2 N–H and O–H groups in total. The topological polar surface area (TPSA) is 97.1 Å². The van der Waals surface area contributed by atoms with Gasteiger partial charge in [0.2, 0.25) is 11.8 Å². The number of benzene rings is 2. The molecule has 27 heavy (non-hydrogen) atoms. The molecule has 3 aromatic rings. The molecule has 138 valence electrons. The lowest BCUT2D eigenvalue weighted by atomic mass is 10.2. The number of nitrogens with zero attached hydrogens (tertiary/aromatic N) is 2. The van der Waals surface area contributed by atoms with Crippen LogP contribution in [0.1, 0.15) is 11.5 Å². The fourth-order valence-electron chi connectivity index (χ4n) is 2.14. The molecule has 0 saturated carbocycles. The van der Waals surface area contributed by atoms with E-state index in [1.807, 2.05) is 30.3 Å². The molecule has 3 rings (SSSR count). The summed E-state index contributed by atoms with van der Waals surface area (Å²) in [5.41, 5.74) is 1.01. The molecule has 9 heteroatoms. The maximum Gasteiger partial charge on any atom is 0.325 e. The second-order valence-corrected chi connectivity index (χ2v) is 6.32. The number of hydrogen-bond donors (Lipinski definition) is 2. The summed E-state index contributed by atoms with van der Waals surface area (Å²) in [5.74, 6) is -0.832. The van der Waals surface area contributed by atoms with Crippen molar-refractivity contribution in [3.05, 3.63) is 71.9 Å². The summed E-state index contributed by atoms with van der Waals surface area (Å²) >= 11 is 1.00. The van der Waals surface area contributed by atoms with Crippen molar-refractivity contribution < 1.29 is 18.4 Å². The number of carbonyl (C=O) groups excluding carboxylic acids is 2. The standard InChI is InChI=1S/C18H15FN4O3S/c19-13-8-4-5-9-14(13)20-17(25)21-15(24)11-27-18-23-22-16(26-18)10-12-6-2-1-3-7-12/h1-9H,10-11H2,(H2,20,21,24,25). The molecule has 0 aliphatic rings. The highest BCUT2D eigenvalue weighted by Crippen LogP contribution is 2.17. The Balaban J connectivity index is 1.45. The van der Waals surface area contributed by atoms with Crippen LogP contribution in [0.2, 0.25) is 0 Å². The Morgan fingerprint density at radius 3 is 2.56 bits per heavy atom. The second kappa shape index (κ2) is 8.95. The van der Waals surface area contributed by atoms with E-state index in [4.69, 9.17) is 4.42 Å². The van der Waals surface area contributed by atoms with E-state index >= 15 is 0 Å². The zero-order valence-corrected chi connectivity index (χ0v) is 14.8. The monoisotopic (exact) mass is 386 g/mol. The zero-order valence-electron chi connectivity index (χ0n) is 14.0. The summed E-state index contributed by atoms with van der Waals surface area (Å²) in [6.45, 7) is 0. The van der Waals surface area contributed by atoms with Crippen molar-refractivity contribution in [2.75, 3.05) is 11.1 Å². The Morgan fingerprint density at radius 2 is 1.78 bits per heavy atom. The molecule has 3 amide bonds. The number of hydrogen-bond acceptors (Lipinski definition) is 6. The van der Waals surface area contributed by atoms with Crippen LogP contribution in [-0.4, -0.2) is 27.9 Å². The minimum atomic E-state index is -0.819. The highest BCUT2D eigenvalue weighted by Gasteiger charge is 2.13. The van der Waals surface area contributed by atoms with Crippen LogP contribution in [-0.2, 0) is 11.2 Å². The van der Waals surface area contributed by atoms with Crippen LogP contribution in [0.4, 0.5) is 14.9 Å². The van der Waals surface area contributed by atoms with Crippen LogP contribution < -0.4 is 10.6 Å². The number of thioether (sulfide) groups is 1. The van der Waals surface area contributed by atoms with Crippen molar-refractivity contribution in [3.8, 4) is 0 Å². The van der Waals surface area contributed by atoms with Crippen LogP contribution >= 0.6 is 11.8 Å². The molecule has 0 radical (unpaired) electrons. The number of anilines is 1. The van der Waals surface area contributed by atoms with E-state index in [2.05, 4.69) is 20.8 Å². The van der Waals surface area contributed by atoms with E-state index < -0.39 is 17.8 Å². The maximum absolute atomic E-state index is 13.5. The van der Waals surface area contributed by atoms with Crippen molar-refractivity contribution in [1.29, 1.82) is 0 Å². The smallest absolute Gasteiger partial charge is 0.325 e. The molecule has 0 spiro atoms. The fourth-order valence-corrected chi connectivity index (χ4v) is 2.73. The molecule has 0 unspecified atom stereocenters. The second-order valence-electron chi connectivity index (χ2n) is 5.39. The maximum atomic E-state index is 13.5. The van der Waals surface area contributed by atoms with Gasteiger partial charge in [0.25, 0.3) is 5.22 Å². The van der Waals surface area contributed by atoms with E-state index in [9.17, 15) is 14.0 Å². The quantitative estimate of drug-likeness (QED) is 0.631. The first-order valence-corrected chi connectivity index (χ1v) is 8.93. The van der Waals surface area contributed by atoms with Gasteiger partial charge in [-0.25, -0.2) is 9.18 Å². The Hall–Kier alpha value is -3.20. The average Bonchev–Trinajstić information content (AvgIpc) is 3.10. The Kier molecular flexibility index (Phi) is 6.16. The average molecular weight is 386 g/mol. The van der Waals surface area contributed by atoms with Crippen molar-refractivity contribution in [1.82, 2.24) is 15.5 Å². The summed E-state index contributed by atoms with van der Waals surface area (Å²) < 4.78 is 18.9. The van der Waals surface area contributed by atoms with Gasteiger partial charge in [0.05, 0.1) is 17.9 Å². The predicted octanol–water partition coefficient (Wildman–Crippen LogP) is 3.24. The molecule has 1 heterocycles. The first-order valence-electron chi connectivity index (χ1n) is 7.94. The van der Waals surface area contributed by atoms with Crippen molar-refractivity contribution >= 4 is 29.4 Å². The van der Waals surface area contributed by atoms with E-state index in [1.165, 1.54) is 18.2 Å². The van der Waals surface area contributed by atoms with Crippen LogP contribution in [0.5, 0.6) is 0 Å². The Bertz CT molecular complexity index is 933. The van der Waals surface area contributed by atoms with Gasteiger partial charge in [-0.05, 0) is 17.7 Å². The highest BCUT2D eigenvalue weighted by molar-refractivity contribution is 7.99. The van der Waals surface area contributed by atoms with E-state index in [0.717, 1.165) is 17.3 Å². The van der Waals surface area contributed by atoms with Gasteiger partial charge in [-0.15, -0.1) is 10.2 Å². The van der Waals surface area contributed by atoms with Crippen molar-refractivity contribution in [2.45, 2.75) is 11.6 Å². The van der Waals surface area contributed by atoms with Crippen LogP contribution in [0.3, 0.4) is 0 Å². The van der Waals surface area contributed by atoms with E-state index in [0.29, 0.717) is 12.3 Å². The molecule has 0 atom stereocenters. The number of urea groups is 1. The molecule has 2 aromatic carbocycles. The Morgan fingerprint density at radius 1 is 1.04 bits per heavy atom. The van der Waals surface area contributed by atoms with Gasteiger partial charge >= 0.3 is 6.03 Å². The summed E-state index contributed by atoms with van der Waals surface area (Å²) in [5, 5.41) is 12.4. The molecular weight excluding hydrogens is 371 g/mol. The third-order valence-electron chi connectivity index (χ3n) is 3.35. The van der Waals surface area contributed by atoms with Gasteiger partial charge in [-0.3, -0.25) is 10.1 Å². The van der Waals surface area contributed by atoms with Crippen molar-refractivity contribution in [3.63, 3.8) is 0 Å². The van der Waals surface area contributed by atoms with E-state index in [1.54, 1.807) is 6.07 Å². The fraction of sp³-hybridized carbons (Fsp3) is 0.111. The number of rotatable bonds is 6. The first-order chi connectivity index (χ1) is 13.1.